The monoisotopic (exact) mass is 724 g/mol. The molecule has 0 fully saturated rings. The molecule has 1 heterocycles. The van der Waals surface area contributed by atoms with Crippen LogP contribution >= 0.6 is 0 Å². The lowest BCUT2D eigenvalue weighted by Crippen LogP contribution is -2.14. The lowest BCUT2D eigenvalue weighted by molar-refractivity contribution is 0.653. The molecule has 7 aromatic rings. The van der Waals surface area contributed by atoms with Crippen LogP contribution in [0.4, 0.5) is 0 Å². The molecule has 0 aliphatic heterocycles. The van der Waals surface area contributed by atoms with Gasteiger partial charge in [0.15, 0.2) is 0 Å². The Hall–Kier alpha value is -6.32. The molecule has 1 aromatic heterocycles. The topological polar surface area (TPSA) is 49.4 Å². The molecule has 2 unspecified atom stereocenters. The van der Waals surface area contributed by atoms with Gasteiger partial charge in [0, 0.05) is 51.1 Å². The molecular formula is C53H44N2O. The van der Waals surface area contributed by atoms with E-state index in [1.165, 1.54) is 55.5 Å². The molecular weight excluding hydrogens is 681 g/mol. The SMILES string of the molecule is CC(/C=C(\N=CC1C=CC=CC1)c1cccc(-c2ccc3c(c2)C(C)(C)c2ccc4c(oc5ccccc54)c2-3)c1)C(=N)c1ccc2c(c1)-c1ccccc1CC2. The van der Waals surface area contributed by atoms with Crippen LogP contribution in [0.1, 0.15) is 60.6 Å². The second-order valence-corrected chi connectivity index (χ2v) is 16.2. The molecule has 10 rings (SSSR count). The van der Waals surface area contributed by atoms with Gasteiger partial charge in [0.1, 0.15) is 11.2 Å². The Balaban J connectivity index is 1.01. The van der Waals surface area contributed by atoms with Crippen LogP contribution in [0, 0.1) is 17.2 Å². The van der Waals surface area contributed by atoms with Crippen LogP contribution in [0.2, 0.25) is 0 Å². The summed E-state index contributed by atoms with van der Waals surface area (Å²) < 4.78 is 6.54. The summed E-state index contributed by atoms with van der Waals surface area (Å²) in [4.78, 5) is 5.17. The second-order valence-electron chi connectivity index (χ2n) is 16.2. The van der Waals surface area contributed by atoms with Crippen molar-refractivity contribution in [3.63, 3.8) is 0 Å². The molecule has 0 saturated carbocycles. The number of allylic oxidation sites excluding steroid dienone is 5. The molecule has 3 heteroatoms. The van der Waals surface area contributed by atoms with Crippen molar-refractivity contribution in [2.45, 2.75) is 45.4 Å². The first-order valence-electron chi connectivity index (χ1n) is 19.9. The number of hydrogen-bond donors (Lipinski definition) is 1. The van der Waals surface area contributed by atoms with Gasteiger partial charge in [0.25, 0.3) is 0 Å². The molecule has 0 amide bonds. The molecule has 0 spiro atoms. The van der Waals surface area contributed by atoms with E-state index in [2.05, 4.69) is 173 Å². The smallest absolute Gasteiger partial charge is 0.143 e. The number of rotatable bonds is 7. The first-order chi connectivity index (χ1) is 27.3. The van der Waals surface area contributed by atoms with Gasteiger partial charge >= 0.3 is 0 Å². The van der Waals surface area contributed by atoms with Crippen LogP contribution in [-0.2, 0) is 18.3 Å². The van der Waals surface area contributed by atoms with Crippen molar-refractivity contribution >= 4 is 39.6 Å². The molecule has 3 aliphatic rings. The molecule has 1 N–H and O–H groups in total. The Labute approximate surface area is 329 Å². The number of nitrogens with one attached hydrogen (secondary N) is 1. The van der Waals surface area contributed by atoms with Gasteiger partial charge < -0.3 is 9.83 Å². The van der Waals surface area contributed by atoms with Crippen LogP contribution in [0.3, 0.4) is 0 Å². The van der Waals surface area contributed by atoms with E-state index in [1.807, 2.05) is 6.07 Å². The highest BCUT2D eigenvalue weighted by molar-refractivity contribution is 6.12. The summed E-state index contributed by atoms with van der Waals surface area (Å²) in [5.41, 5.74) is 17.9. The van der Waals surface area contributed by atoms with E-state index in [4.69, 9.17) is 9.41 Å². The van der Waals surface area contributed by atoms with Crippen molar-refractivity contribution in [1.29, 1.82) is 5.41 Å². The third-order valence-corrected chi connectivity index (χ3v) is 12.3. The van der Waals surface area contributed by atoms with E-state index >= 15 is 0 Å². The van der Waals surface area contributed by atoms with Gasteiger partial charge in [-0.15, -0.1) is 0 Å². The molecule has 6 aromatic carbocycles. The lowest BCUT2D eigenvalue weighted by Gasteiger charge is -2.22. The van der Waals surface area contributed by atoms with E-state index in [9.17, 15) is 5.41 Å². The lowest BCUT2D eigenvalue weighted by atomic mass is 9.81. The van der Waals surface area contributed by atoms with Crippen molar-refractivity contribution in [3.8, 4) is 33.4 Å². The number of aryl methyl sites for hydroxylation is 2. The number of nitrogens with zero attached hydrogens (tertiary/aromatic N) is 1. The average molecular weight is 725 g/mol. The fourth-order valence-electron chi connectivity index (χ4n) is 9.21. The average Bonchev–Trinajstić information content (AvgIpc) is 3.73. The largest absolute Gasteiger partial charge is 0.455 e. The molecule has 2 atom stereocenters. The van der Waals surface area contributed by atoms with Crippen LogP contribution in [0.15, 0.2) is 161 Å². The van der Waals surface area contributed by atoms with E-state index in [1.54, 1.807) is 0 Å². The number of benzene rings is 6. The molecule has 3 aliphatic carbocycles. The van der Waals surface area contributed by atoms with E-state index < -0.39 is 0 Å². The molecule has 3 nitrogen and oxygen atoms in total. The predicted octanol–water partition coefficient (Wildman–Crippen LogP) is 13.6. The minimum Gasteiger partial charge on any atom is -0.455 e. The quantitative estimate of drug-likeness (QED) is 0.164. The highest BCUT2D eigenvalue weighted by atomic mass is 16.3. The standard InChI is InChI=1S/C53H44N2O/c1-33(51(54)40-23-22-36-21-20-35-14-7-8-17-41(35)45(36)30-40)28-48(55-32-34-12-5-4-6-13-34)39-16-11-15-37(29-39)38-24-25-44-47(31-38)53(2,3)46-27-26-43-42-18-9-10-19-49(42)56-52(43)50(44)46/h4-12,14-19,22-34,54H,13,20-21H2,1-3H3/b48-28-,54-51?,55-32?. The number of furan rings is 1. The Morgan fingerprint density at radius 3 is 2.43 bits per heavy atom. The third kappa shape index (κ3) is 5.73. The summed E-state index contributed by atoms with van der Waals surface area (Å²) in [5.74, 6) is 0.0831. The van der Waals surface area contributed by atoms with Crippen LogP contribution < -0.4 is 0 Å². The van der Waals surface area contributed by atoms with Gasteiger partial charge in [-0.3, -0.25) is 4.99 Å². The first kappa shape index (κ1) is 34.2. The molecule has 0 bridgehead atoms. The first-order valence-corrected chi connectivity index (χ1v) is 19.9. The minimum atomic E-state index is -0.183. The zero-order chi connectivity index (χ0) is 38.0. The molecule has 0 radical (unpaired) electrons. The zero-order valence-electron chi connectivity index (χ0n) is 32.1. The summed E-state index contributed by atoms with van der Waals surface area (Å²) in [5, 5.41) is 11.7. The Kier molecular flexibility index (Phi) is 8.22. The minimum absolute atomic E-state index is 0.154. The van der Waals surface area contributed by atoms with Gasteiger partial charge in [-0.2, -0.15) is 0 Å². The summed E-state index contributed by atoms with van der Waals surface area (Å²) in [7, 11) is 0. The molecule has 56 heavy (non-hydrogen) atoms. The number of fused-ring (bicyclic) bond motifs is 10. The van der Waals surface area contributed by atoms with E-state index in [-0.39, 0.29) is 17.3 Å². The highest BCUT2D eigenvalue weighted by Crippen LogP contribution is 2.53. The maximum Gasteiger partial charge on any atom is 0.143 e. The number of aliphatic imine (C=N–C) groups is 1. The Morgan fingerprint density at radius 1 is 0.732 bits per heavy atom. The van der Waals surface area contributed by atoms with Crippen LogP contribution in [0.5, 0.6) is 0 Å². The third-order valence-electron chi connectivity index (χ3n) is 12.3. The van der Waals surface area contributed by atoms with Gasteiger partial charge in [-0.1, -0.05) is 142 Å². The summed E-state index contributed by atoms with van der Waals surface area (Å²) >= 11 is 0. The summed E-state index contributed by atoms with van der Waals surface area (Å²) in [6, 6.07) is 43.8. The van der Waals surface area contributed by atoms with Crippen molar-refractivity contribution in [2.24, 2.45) is 16.8 Å². The molecule has 272 valence electrons. The maximum atomic E-state index is 9.42. The Morgan fingerprint density at radius 2 is 1.55 bits per heavy atom. The van der Waals surface area contributed by atoms with Gasteiger partial charge in [-0.05, 0) is 105 Å². The van der Waals surface area contributed by atoms with Crippen molar-refractivity contribution < 1.29 is 4.42 Å². The predicted molar refractivity (Wildman–Crippen MR) is 235 cm³/mol. The van der Waals surface area contributed by atoms with Gasteiger partial charge in [-0.25, -0.2) is 0 Å². The van der Waals surface area contributed by atoms with E-state index in [0.29, 0.717) is 5.71 Å². The summed E-state index contributed by atoms with van der Waals surface area (Å²) in [6.07, 6.45) is 15.9. The Bertz CT molecular complexity index is 2860. The normalized spacial score (nSPS) is 17.2. The van der Waals surface area contributed by atoms with Gasteiger partial charge in [0.2, 0.25) is 0 Å². The number of hydrogen-bond acceptors (Lipinski definition) is 3. The van der Waals surface area contributed by atoms with Crippen molar-refractivity contribution in [1.82, 2.24) is 0 Å². The number of para-hydroxylation sites is 1. The fraction of sp³-hybridized carbons (Fsp3) is 0.170. The zero-order valence-corrected chi connectivity index (χ0v) is 32.1. The molecule has 0 saturated heterocycles. The van der Waals surface area contributed by atoms with Crippen LogP contribution in [-0.4, -0.2) is 11.9 Å². The second kappa shape index (κ2) is 13.5. The van der Waals surface area contributed by atoms with Gasteiger partial charge in [0.05, 0.1) is 5.70 Å². The highest BCUT2D eigenvalue weighted by Gasteiger charge is 2.38. The maximum absolute atomic E-state index is 9.42. The van der Waals surface area contributed by atoms with Crippen LogP contribution in [0.25, 0.3) is 61.0 Å². The van der Waals surface area contributed by atoms with Crippen molar-refractivity contribution in [2.75, 3.05) is 0 Å². The fourth-order valence-corrected chi connectivity index (χ4v) is 9.21. The van der Waals surface area contributed by atoms with E-state index in [0.717, 1.165) is 58.2 Å². The van der Waals surface area contributed by atoms with Crippen molar-refractivity contribution in [3.05, 3.63) is 185 Å². The summed E-state index contributed by atoms with van der Waals surface area (Å²) in [6.45, 7) is 6.78.